The molecule has 0 saturated heterocycles. The predicted octanol–water partition coefficient (Wildman–Crippen LogP) is 0.977. The number of carbonyl (C=O) groups excluding carboxylic acids is 1. The van der Waals surface area contributed by atoms with Crippen LogP contribution in [0.5, 0.6) is 0 Å². The summed E-state index contributed by atoms with van der Waals surface area (Å²) in [6.45, 7) is 2.13. The van der Waals surface area contributed by atoms with Crippen molar-refractivity contribution in [3.63, 3.8) is 0 Å². The molecule has 0 aliphatic heterocycles. The number of hydrogen-bond acceptors (Lipinski definition) is 3. The molecule has 1 fully saturated rings. The van der Waals surface area contributed by atoms with Gasteiger partial charge in [0.2, 0.25) is 5.91 Å². The lowest BCUT2D eigenvalue weighted by molar-refractivity contribution is -0.120. The van der Waals surface area contributed by atoms with Crippen molar-refractivity contribution in [3.8, 4) is 0 Å². The first kappa shape index (κ1) is 14.5. The fraction of sp³-hybridized carbons (Fsp3) is 0.923. The van der Waals surface area contributed by atoms with E-state index in [1.54, 1.807) is 7.05 Å². The van der Waals surface area contributed by atoms with Crippen LogP contribution >= 0.6 is 0 Å². The van der Waals surface area contributed by atoms with Crippen LogP contribution in [0.3, 0.4) is 0 Å². The molecule has 17 heavy (non-hydrogen) atoms. The minimum absolute atomic E-state index is 0.0850. The van der Waals surface area contributed by atoms with Crippen molar-refractivity contribution in [2.75, 3.05) is 33.7 Å². The molecule has 0 aromatic carbocycles. The van der Waals surface area contributed by atoms with Crippen LogP contribution in [0.2, 0.25) is 0 Å². The third-order valence-corrected chi connectivity index (χ3v) is 3.57. The first-order valence-corrected chi connectivity index (χ1v) is 6.85. The largest absolute Gasteiger partial charge is 0.354 e. The molecular formula is C13H27N3O. The molecule has 4 nitrogen and oxygen atoms in total. The summed E-state index contributed by atoms with van der Waals surface area (Å²) in [7, 11) is 3.97. The Hall–Kier alpha value is -0.610. The number of nitrogens with zero attached hydrogens (tertiary/aromatic N) is 1. The second kappa shape index (κ2) is 8.48. The maximum atomic E-state index is 11.3. The van der Waals surface area contributed by atoms with Gasteiger partial charge in [-0.05, 0) is 26.9 Å². The van der Waals surface area contributed by atoms with Gasteiger partial charge in [0.15, 0.2) is 0 Å². The Balaban J connectivity index is 2.14. The summed E-state index contributed by atoms with van der Waals surface area (Å²) < 4.78 is 0. The summed E-state index contributed by atoms with van der Waals surface area (Å²) in [5, 5.41) is 5.78. The molecule has 0 spiro atoms. The number of likely N-dealkylation sites (N-methyl/N-ethyl adjacent to an activating group) is 2. The van der Waals surface area contributed by atoms with Crippen LogP contribution in [0.4, 0.5) is 0 Å². The molecule has 0 aromatic heterocycles. The topological polar surface area (TPSA) is 44.4 Å². The van der Waals surface area contributed by atoms with Crippen LogP contribution in [0.1, 0.15) is 38.5 Å². The van der Waals surface area contributed by atoms with Crippen molar-refractivity contribution in [3.05, 3.63) is 0 Å². The number of amides is 1. The first-order valence-electron chi connectivity index (χ1n) is 6.85. The third kappa shape index (κ3) is 6.03. The van der Waals surface area contributed by atoms with Gasteiger partial charge in [0.25, 0.3) is 0 Å². The Kier molecular flexibility index (Phi) is 7.21. The van der Waals surface area contributed by atoms with E-state index in [1.807, 2.05) is 0 Å². The van der Waals surface area contributed by atoms with Crippen LogP contribution in [0.25, 0.3) is 0 Å². The van der Waals surface area contributed by atoms with Crippen molar-refractivity contribution in [1.29, 1.82) is 0 Å². The van der Waals surface area contributed by atoms with Gasteiger partial charge in [-0.25, -0.2) is 0 Å². The van der Waals surface area contributed by atoms with E-state index in [-0.39, 0.29) is 5.91 Å². The lowest BCUT2D eigenvalue weighted by Crippen LogP contribution is -2.40. The van der Waals surface area contributed by atoms with Crippen molar-refractivity contribution < 1.29 is 4.79 Å². The monoisotopic (exact) mass is 241 g/mol. The van der Waals surface area contributed by atoms with Crippen LogP contribution in [0, 0.1) is 0 Å². The van der Waals surface area contributed by atoms with Gasteiger partial charge in [0.05, 0.1) is 6.54 Å². The van der Waals surface area contributed by atoms with Crippen LogP contribution in [0.15, 0.2) is 0 Å². The summed E-state index contributed by atoms with van der Waals surface area (Å²) in [6, 6.07) is 0.721. The Bertz CT molecular complexity index is 213. The Morgan fingerprint density at radius 1 is 1.24 bits per heavy atom. The molecule has 0 unspecified atom stereocenters. The van der Waals surface area contributed by atoms with E-state index in [0.717, 1.165) is 19.1 Å². The minimum atomic E-state index is 0.0850. The maximum Gasteiger partial charge on any atom is 0.233 e. The van der Waals surface area contributed by atoms with Crippen molar-refractivity contribution in [2.45, 2.75) is 44.6 Å². The zero-order chi connectivity index (χ0) is 12.5. The van der Waals surface area contributed by atoms with Gasteiger partial charge < -0.3 is 15.5 Å². The van der Waals surface area contributed by atoms with Crippen molar-refractivity contribution in [1.82, 2.24) is 15.5 Å². The summed E-state index contributed by atoms with van der Waals surface area (Å²) in [5.74, 6) is 0.0850. The molecule has 1 rings (SSSR count). The summed E-state index contributed by atoms with van der Waals surface area (Å²) in [6.07, 6.45) is 8.15. The standard InChI is InChI=1S/C13H27N3O/c1-14-11-13(17)15-9-10-16(2)12-7-5-3-4-6-8-12/h12,14H,3-11H2,1-2H3,(H,15,17). The molecular weight excluding hydrogens is 214 g/mol. The second-order valence-corrected chi connectivity index (χ2v) is 5.01. The molecule has 100 valence electrons. The van der Waals surface area contributed by atoms with E-state index >= 15 is 0 Å². The fourth-order valence-corrected chi connectivity index (χ4v) is 2.48. The van der Waals surface area contributed by atoms with Gasteiger partial charge in [-0.1, -0.05) is 25.7 Å². The van der Waals surface area contributed by atoms with Gasteiger partial charge in [-0.2, -0.15) is 0 Å². The molecule has 0 bridgehead atoms. The van der Waals surface area contributed by atoms with Gasteiger partial charge in [0, 0.05) is 19.1 Å². The predicted molar refractivity (Wildman–Crippen MR) is 71.1 cm³/mol. The molecule has 1 aliphatic rings. The Morgan fingerprint density at radius 3 is 2.47 bits per heavy atom. The van der Waals surface area contributed by atoms with Crippen molar-refractivity contribution >= 4 is 5.91 Å². The summed E-state index contributed by atoms with van der Waals surface area (Å²) >= 11 is 0. The van der Waals surface area contributed by atoms with E-state index in [0.29, 0.717) is 6.54 Å². The lowest BCUT2D eigenvalue weighted by atomic mass is 10.1. The zero-order valence-electron chi connectivity index (χ0n) is 11.3. The molecule has 0 heterocycles. The maximum absolute atomic E-state index is 11.3. The average Bonchev–Trinajstić information content (AvgIpc) is 2.57. The number of hydrogen-bond donors (Lipinski definition) is 2. The summed E-state index contributed by atoms with van der Waals surface area (Å²) in [5.41, 5.74) is 0. The van der Waals surface area contributed by atoms with Crippen LogP contribution in [-0.2, 0) is 4.79 Å². The molecule has 0 radical (unpaired) electrons. The smallest absolute Gasteiger partial charge is 0.233 e. The zero-order valence-corrected chi connectivity index (χ0v) is 11.3. The first-order chi connectivity index (χ1) is 8.24. The lowest BCUT2D eigenvalue weighted by Gasteiger charge is -2.27. The number of carbonyl (C=O) groups is 1. The summed E-state index contributed by atoms with van der Waals surface area (Å²) in [4.78, 5) is 13.7. The highest BCUT2D eigenvalue weighted by Crippen LogP contribution is 2.20. The Labute approximate surface area is 105 Å². The normalized spacial score (nSPS) is 18.1. The molecule has 4 heteroatoms. The highest BCUT2D eigenvalue weighted by molar-refractivity contribution is 5.77. The number of rotatable bonds is 6. The highest BCUT2D eigenvalue weighted by Gasteiger charge is 2.16. The van der Waals surface area contributed by atoms with E-state index in [9.17, 15) is 4.79 Å². The highest BCUT2D eigenvalue weighted by atomic mass is 16.1. The minimum Gasteiger partial charge on any atom is -0.354 e. The molecule has 1 amide bonds. The SMILES string of the molecule is CNCC(=O)NCCN(C)C1CCCCCC1. The van der Waals surface area contributed by atoms with Gasteiger partial charge in [0.1, 0.15) is 0 Å². The quantitative estimate of drug-likeness (QED) is 0.681. The third-order valence-electron chi connectivity index (χ3n) is 3.57. The van der Waals surface area contributed by atoms with E-state index in [2.05, 4.69) is 22.6 Å². The van der Waals surface area contributed by atoms with Crippen LogP contribution in [-0.4, -0.2) is 50.6 Å². The molecule has 0 atom stereocenters. The van der Waals surface area contributed by atoms with Crippen LogP contribution < -0.4 is 10.6 Å². The second-order valence-electron chi connectivity index (χ2n) is 5.01. The Morgan fingerprint density at radius 2 is 1.88 bits per heavy atom. The van der Waals surface area contributed by atoms with Gasteiger partial charge >= 0.3 is 0 Å². The molecule has 2 N–H and O–H groups in total. The van der Waals surface area contributed by atoms with Crippen molar-refractivity contribution in [2.24, 2.45) is 0 Å². The average molecular weight is 241 g/mol. The van der Waals surface area contributed by atoms with E-state index in [1.165, 1.54) is 38.5 Å². The number of nitrogens with one attached hydrogen (secondary N) is 2. The van der Waals surface area contributed by atoms with Gasteiger partial charge in [-0.3, -0.25) is 4.79 Å². The molecule has 1 saturated carbocycles. The van der Waals surface area contributed by atoms with Gasteiger partial charge in [-0.15, -0.1) is 0 Å². The molecule has 1 aliphatic carbocycles. The molecule has 0 aromatic rings. The van der Waals surface area contributed by atoms with E-state index < -0.39 is 0 Å². The van der Waals surface area contributed by atoms with E-state index in [4.69, 9.17) is 0 Å². The fourth-order valence-electron chi connectivity index (χ4n) is 2.48.